The molecule has 1 aliphatic carbocycles. The van der Waals surface area contributed by atoms with Crippen LogP contribution in [0.4, 0.5) is 0 Å². The quantitative estimate of drug-likeness (QED) is 0.648. The number of aromatic nitrogens is 2. The Labute approximate surface area is 184 Å². The Kier molecular flexibility index (Phi) is 5.60. The molecule has 5 heteroatoms. The maximum absolute atomic E-state index is 13.5. The summed E-state index contributed by atoms with van der Waals surface area (Å²) in [6.07, 6.45) is 4.05. The molecule has 1 amide bonds. The molecule has 2 heterocycles. The Balaban J connectivity index is 1.33. The highest BCUT2D eigenvalue weighted by molar-refractivity contribution is 5.94. The van der Waals surface area contributed by atoms with Crippen molar-refractivity contribution in [3.8, 4) is 5.69 Å². The van der Waals surface area contributed by atoms with Crippen molar-refractivity contribution in [3.05, 3.63) is 82.7 Å². The average Bonchev–Trinajstić information content (AvgIpc) is 3.32. The van der Waals surface area contributed by atoms with Gasteiger partial charge >= 0.3 is 0 Å². The lowest BCUT2D eigenvalue weighted by atomic mass is 10.1. The Morgan fingerprint density at radius 1 is 0.903 bits per heavy atom. The van der Waals surface area contributed by atoms with E-state index in [-0.39, 0.29) is 5.91 Å². The fourth-order valence-electron chi connectivity index (χ4n) is 4.83. The number of carbonyl (C=O) groups excluding carboxylic acids is 1. The second kappa shape index (κ2) is 8.67. The molecule has 0 unspecified atom stereocenters. The van der Waals surface area contributed by atoms with Crippen LogP contribution in [0.2, 0.25) is 0 Å². The van der Waals surface area contributed by atoms with Crippen LogP contribution in [-0.4, -0.2) is 51.7 Å². The second-order valence-electron chi connectivity index (χ2n) is 8.78. The molecule has 0 bridgehead atoms. The fourth-order valence-corrected chi connectivity index (χ4v) is 4.83. The summed E-state index contributed by atoms with van der Waals surface area (Å²) in [7, 11) is 0. The number of amides is 1. The minimum absolute atomic E-state index is 0.102. The van der Waals surface area contributed by atoms with Gasteiger partial charge in [-0.3, -0.25) is 9.69 Å². The molecule has 0 atom stereocenters. The normalized spacial score (nSPS) is 16.9. The van der Waals surface area contributed by atoms with Gasteiger partial charge in [0.25, 0.3) is 5.91 Å². The van der Waals surface area contributed by atoms with Crippen LogP contribution in [0.1, 0.15) is 45.7 Å². The van der Waals surface area contributed by atoms with Crippen molar-refractivity contribution in [1.82, 2.24) is 19.6 Å². The van der Waals surface area contributed by atoms with Crippen molar-refractivity contribution < 1.29 is 4.79 Å². The van der Waals surface area contributed by atoms with Crippen LogP contribution in [-0.2, 0) is 19.4 Å². The molecule has 3 aromatic rings. The molecule has 0 saturated carbocycles. The predicted molar refractivity (Wildman–Crippen MR) is 123 cm³/mol. The first-order valence-corrected chi connectivity index (χ1v) is 11.4. The number of rotatable bonds is 4. The zero-order valence-corrected chi connectivity index (χ0v) is 18.3. The molecule has 31 heavy (non-hydrogen) atoms. The fraction of sp³-hybridized carbons (Fsp3) is 0.385. The second-order valence-corrected chi connectivity index (χ2v) is 8.78. The number of carbonyl (C=O) groups is 1. The summed E-state index contributed by atoms with van der Waals surface area (Å²) in [6.45, 7) is 6.52. The largest absolute Gasteiger partial charge is 0.336 e. The number of benzene rings is 2. The van der Waals surface area contributed by atoms with Gasteiger partial charge in [-0.15, -0.1) is 0 Å². The number of hydrogen-bond acceptors (Lipinski definition) is 3. The van der Waals surface area contributed by atoms with E-state index in [1.54, 1.807) is 0 Å². The van der Waals surface area contributed by atoms with Gasteiger partial charge in [-0.2, -0.15) is 5.10 Å². The van der Waals surface area contributed by atoms with Crippen molar-refractivity contribution in [2.24, 2.45) is 0 Å². The van der Waals surface area contributed by atoms with E-state index in [1.807, 2.05) is 9.58 Å². The van der Waals surface area contributed by atoms with E-state index in [9.17, 15) is 4.79 Å². The van der Waals surface area contributed by atoms with Crippen molar-refractivity contribution in [3.63, 3.8) is 0 Å². The first kappa shape index (κ1) is 20.0. The zero-order chi connectivity index (χ0) is 21.2. The molecular weight excluding hydrogens is 384 g/mol. The number of nitrogens with zero attached hydrogens (tertiary/aromatic N) is 4. The Morgan fingerprint density at radius 3 is 2.52 bits per heavy atom. The average molecular weight is 415 g/mol. The van der Waals surface area contributed by atoms with Gasteiger partial charge in [0.1, 0.15) is 0 Å². The third-order valence-corrected chi connectivity index (χ3v) is 6.54. The SMILES string of the molecule is Cc1ccc(-n2nc(C(=O)N3CCCN(Cc4ccccc4)CC3)c3c2CCC3)cc1. The summed E-state index contributed by atoms with van der Waals surface area (Å²) < 4.78 is 2.01. The van der Waals surface area contributed by atoms with Gasteiger partial charge in [0.15, 0.2) is 5.69 Å². The number of aryl methyl sites for hydroxylation is 1. The predicted octanol–water partition coefficient (Wildman–Crippen LogP) is 4.02. The smallest absolute Gasteiger partial charge is 0.274 e. The standard InChI is InChI=1S/C26H30N4O/c1-20-11-13-22(14-12-20)30-24-10-5-9-23(24)25(27-30)26(31)29-16-6-15-28(17-18-29)19-21-7-3-2-4-8-21/h2-4,7-8,11-14H,5-6,9-10,15-19H2,1H3. The van der Waals surface area contributed by atoms with Crippen LogP contribution in [0, 0.1) is 6.92 Å². The minimum atomic E-state index is 0.102. The Morgan fingerprint density at radius 2 is 1.71 bits per heavy atom. The highest BCUT2D eigenvalue weighted by atomic mass is 16.2. The summed E-state index contributed by atoms with van der Waals surface area (Å²) in [6, 6.07) is 19.0. The van der Waals surface area contributed by atoms with Gasteiger partial charge in [0.2, 0.25) is 0 Å². The van der Waals surface area contributed by atoms with Crippen molar-refractivity contribution in [2.45, 2.75) is 39.2 Å². The lowest BCUT2D eigenvalue weighted by molar-refractivity contribution is 0.0753. The van der Waals surface area contributed by atoms with Gasteiger partial charge in [0.05, 0.1) is 5.69 Å². The van der Waals surface area contributed by atoms with E-state index < -0.39 is 0 Å². The molecule has 1 aromatic heterocycles. The van der Waals surface area contributed by atoms with E-state index in [1.165, 1.54) is 16.8 Å². The van der Waals surface area contributed by atoms with Gasteiger partial charge in [-0.25, -0.2) is 4.68 Å². The lowest BCUT2D eigenvalue weighted by Crippen LogP contribution is -2.35. The summed E-state index contributed by atoms with van der Waals surface area (Å²) >= 11 is 0. The molecule has 5 nitrogen and oxygen atoms in total. The highest BCUT2D eigenvalue weighted by Gasteiger charge is 2.30. The monoisotopic (exact) mass is 414 g/mol. The van der Waals surface area contributed by atoms with Crippen LogP contribution in [0.25, 0.3) is 5.69 Å². The molecule has 1 fully saturated rings. The van der Waals surface area contributed by atoms with Crippen molar-refractivity contribution in [2.75, 3.05) is 26.2 Å². The van der Waals surface area contributed by atoms with Crippen LogP contribution in [0.15, 0.2) is 54.6 Å². The molecule has 1 saturated heterocycles. The van der Waals surface area contributed by atoms with E-state index in [0.29, 0.717) is 5.69 Å². The van der Waals surface area contributed by atoms with E-state index in [0.717, 1.165) is 69.7 Å². The number of fused-ring (bicyclic) bond motifs is 1. The molecule has 2 aliphatic rings. The van der Waals surface area contributed by atoms with Crippen LogP contribution >= 0.6 is 0 Å². The Bertz CT molecular complexity index is 1060. The molecule has 160 valence electrons. The summed E-state index contributed by atoms with van der Waals surface area (Å²) in [5, 5.41) is 4.84. The van der Waals surface area contributed by atoms with Gasteiger partial charge in [0, 0.05) is 44.0 Å². The third-order valence-electron chi connectivity index (χ3n) is 6.54. The van der Waals surface area contributed by atoms with Gasteiger partial charge < -0.3 is 4.90 Å². The van der Waals surface area contributed by atoms with E-state index >= 15 is 0 Å². The van der Waals surface area contributed by atoms with Crippen LogP contribution < -0.4 is 0 Å². The van der Waals surface area contributed by atoms with E-state index in [2.05, 4.69) is 66.4 Å². The zero-order valence-electron chi connectivity index (χ0n) is 18.3. The molecule has 0 spiro atoms. The lowest BCUT2D eigenvalue weighted by Gasteiger charge is -2.21. The van der Waals surface area contributed by atoms with Crippen molar-refractivity contribution in [1.29, 1.82) is 0 Å². The summed E-state index contributed by atoms with van der Waals surface area (Å²) in [5.41, 5.74) is 6.66. The molecule has 5 rings (SSSR count). The van der Waals surface area contributed by atoms with Gasteiger partial charge in [-0.05, 0) is 50.3 Å². The molecular formula is C26H30N4O. The summed E-state index contributed by atoms with van der Waals surface area (Å²) in [4.78, 5) is 18.0. The third kappa shape index (κ3) is 4.15. The van der Waals surface area contributed by atoms with E-state index in [4.69, 9.17) is 5.10 Å². The van der Waals surface area contributed by atoms with Gasteiger partial charge in [-0.1, -0.05) is 48.0 Å². The van der Waals surface area contributed by atoms with Crippen LogP contribution in [0.3, 0.4) is 0 Å². The first-order chi connectivity index (χ1) is 15.2. The maximum atomic E-state index is 13.5. The molecule has 1 aliphatic heterocycles. The summed E-state index contributed by atoms with van der Waals surface area (Å²) in [5.74, 6) is 0.102. The van der Waals surface area contributed by atoms with Crippen LogP contribution in [0.5, 0.6) is 0 Å². The highest BCUT2D eigenvalue weighted by Crippen LogP contribution is 2.29. The molecule has 0 N–H and O–H groups in total. The number of hydrogen-bond donors (Lipinski definition) is 0. The van der Waals surface area contributed by atoms with Crippen molar-refractivity contribution >= 4 is 5.91 Å². The Hall–Kier alpha value is -2.92. The first-order valence-electron chi connectivity index (χ1n) is 11.4. The molecule has 2 aromatic carbocycles. The topological polar surface area (TPSA) is 41.4 Å². The maximum Gasteiger partial charge on any atom is 0.274 e. The molecule has 0 radical (unpaired) electrons. The minimum Gasteiger partial charge on any atom is -0.336 e.